The molecule has 1 aliphatic carbocycles. The standard InChI is InChI=1S/C22H24N2O4S/c1-14(28-22(26)16-8-6-7-15(11-16)13-27-2)20(25)24-21-18(12-23)17-9-4-3-5-10-19(17)29-21/h6-8,11,14H,3-5,9-10,13H2,1-2H3,(H,24,25)/t14-/m0/s1. The highest BCUT2D eigenvalue weighted by Gasteiger charge is 2.24. The van der Waals surface area contributed by atoms with E-state index in [2.05, 4.69) is 11.4 Å². The second kappa shape index (κ2) is 9.68. The summed E-state index contributed by atoms with van der Waals surface area (Å²) in [6.07, 6.45) is 4.14. The molecule has 1 heterocycles. The van der Waals surface area contributed by atoms with Crippen LogP contribution in [0.2, 0.25) is 0 Å². The van der Waals surface area contributed by atoms with Crippen LogP contribution in [0.15, 0.2) is 24.3 Å². The molecule has 0 bridgehead atoms. The number of nitrogens with one attached hydrogen (secondary N) is 1. The first-order chi connectivity index (χ1) is 14.0. The fourth-order valence-electron chi connectivity index (χ4n) is 3.40. The van der Waals surface area contributed by atoms with Crippen LogP contribution < -0.4 is 5.32 Å². The topological polar surface area (TPSA) is 88.4 Å². The maximum absolute atomic E-state index is 12.6. The normalized spacial score (nSPS) is 14.2. The fourth-order valence-corrected chi connectivity index (χ4v) is 4.64. The average Bonchev–Trinajstić information content (AvgIpc) is 2.87. The molecule has 0 saturated carbocycles. The molecule has 1 aromatic heterocycles. The molecule has 0 saturated heterocycles. The highest BCUT2D eigenvalue weighted by molar-refractivity contribution is 7.16. The van der Waals surface area contributed by atoms with Gasteiger partial charge in [-0.3, -0.25) is 4.79 Å². The van der Waals surface area contributed by atoms with Gasteiger partial charge in [-0.2, -0.15) is 5.26 Å². The van der Waals surface area contributed by atoms with E-state index in [0.717, 1.165) is 43.2 Å². The number of rotatable bonds is 6. The minimum atomic E-state index is -0.984. The van der Waals surface area contributed by atoms with Gasteiger partial charge < -0.3 is 14.8 Å². The van der Waals surface area contributed by atoms with Crippen LogP contribution in [0.1, 0.15) is 58.1 Å². The molecular weight excluding hydrogens is 388 g/mol. The van der Waals surface area contributed by atoms with Gasteiger partial charge in [0, 0.05) is 12.0 Å². The Morgan fingerprint density at radius 3 is 2.83 bits per heavy atom. The monoisotopic (exact) mass is 412 g/mol. The Kier molecular flexibility index (Phi) is 7.02. The Morgan fingerprint density at radius 1 is 1.28 bits per heavy atom. The van der Waals surface area contributed by atoms with E-state index in [0.29, 0.717) is 22.7 Å². The van der Waals surface area contributed by atoms with Crippen LogP contribution in [-0.4, -0.2) is 25.1 Å². The quantitative estimate of drug-likeness (QED) is 0.567. The van der Waals surface area contributed by atoms with Crippen molar-refractivity contribution in [2.45, 2.75) is 51.7 Å². The largest absolute Gasteiger partial charge is 0.449 e. The number of benzene rings is 1. The van der Waals surface area contributed by atoms with Gasteiger partial charge in [0.15, 0.2) is 6.10 Å². The van der Waals surface area contributed by atoms with E-state index < -0.39 is 18.0 Å². The van der Waals surface area contributed by atoms with Gasteiger partial charge in [0.25, 0.3) is 5.91 Å². The van der Waals surface area contributed by atoms with Gasteiger partial charge in [0.05, 0.1) is 17.7 Å². The van der Waals surface area contributed by atoms with E-state index >= 15 is 0 Å². The highest BCUT2D eigenvalue weighted by Crippen LogP contribution is 2.37. The first-order valence-electron chi connectivity index (χ1n) is 9.67. The highest BCUT2D eigenvalue weighted by atomic mass is 32.1. The van der Waals surface area contributed by atoms with E-state index in [-0.39, 0.29) is 0 Å². The molecule has 3 rings (SSSR count). The van der Waals surface area contributed by atoms with Gasteiger partial charge in [-0.15, -0.1) is 11.3 Å². The fraction of sp³-hybridized carbons (Fsp3) is 0.409. The number of hydrogen-bond acceptors (Lipinski definition) is 6. The number of esters is 1. The van der Waals surface area contributed by atoms with Crippen LogP contribution in [0.25, 0.3) is 0 Å². The Bertz CT molecular complexity index is 945. The summed E-state index contributed by atoms with van der Waals surface area (Å²) >= 11 is 1.46. The summed E-state index contributed by atoms with van der Waals surface area (Å²) in [4.78, 5) is 26.2. The molecule has 7 heteroatoms. The van der Waals surface area contributed by atoms with E-state index in [9.17, 15) is 14.9 Å². The van der Waals surface area contributed by atoms with Gasteiger partial charge in [-0.1, -0.05) is 18.6 Å². The number of anilines is 1. The summed E-state index contributed by atoms with van der Waals surface area (Å²) in [6, 6.07) is 9.14. The molecule has 1 N–H and O–H groups in total. The summed E-state index contributed by atoms with van der Waals surface area (Å²) < 4.78 is 10.4. The third-order valence-corrected chi connectivity index (χ3v) is 6.10. The van der Waals surface area contributed by atoms with Crippen molar-refractivity contribution in [2.24, 2.45) is 0 Å². The van der Waals surface area contributed by atoms with Gasteiger partial charge in [-0.05, 0) is 55.9 Å². The van der Waals surface area contributed by atoms with E-state index in [4.69, 9.17) is 9.47 Å². The van der Waals surface area contributed by atoms with Crippen LogP contribution in [0, 0.1) is 11.3 Å². The lowest BCUT2D eigenvalue weighted by Gasteiger charge is -2.13. The van der Waals surface area contributed by atoms with E-state index in [1.54, 1.807) is 25.3 Å². The van der Waals surface area contributed by atoms with Crippen molar-refractivity contribution in [3.8, 4) is 6.07 Å². The molecule has 0 spiro atoms. The lowest BCUT2D eigenvalue weighted by Crippen LogP contribution is -2.30. The van der Waals surface area contributed by atoms with Gasteiger partial charge in [0.2, 0.25) is 0 Å². The first-order valence-corrected chi connectivity index (χ1v) is 10.5. The minimum Gasteiger partial charge on any atom is -0.449 e. The predicted octanol–water partition coefficient (Wildman–Crippen LogP) is 4.22. The molecule has 29 heavy (non-hydrogen) atoms. The number of fused-ring (bicyclic) bond motifs is 1. The van der Waals surface area contributed by atoms with Crippen molar-refractivity contribution in [2.75, 3.05) is 12.4 Å². The Hall–Kier alpha value is -2.69. The van der Waals surface area contributed by atoms with Crippen LogP contribution in [0.4, 0.5) is 5.00 Å². The summed E-state index contributed by atoms with van der Waals surface area (Å²) in [6.45, 7) is 1.91. The molecule has 1 amide bonds. The second-order valence-corrected chi connectivity index (χ2v) is 8.16. The number of amides is 1. The van der Waals surface area contributed by atoms with Crippen molar-refractivity contribution >= 4 is 28.2 Å². The number of nitriles is 1. The SMILES string of the molecule is COCc1cccc(C(=O)O[C@@H](C)C(=O)Nc2sc3c(c2C#N)CCCCC3)c1. The number of methoxy groups -OCH3 is 1. The van der Waals surface area contributed by atoms with Crippen molar-refractivity contribution in [3.05, 3.63) is 51.4 Å². The summed E-state index contributed by atoms with van der Waals surface area (Å²) in [5.74, 6) is -1.02. The molecule has 152 valence electrons. The molecule has 0 aliphatic heterocycles. The molecular formula is C22H24N2O4S. The molecule has 0 fully saturated rings. The summed E-state index contributed by atoms with van der Waals surface area (Å²) in [5.41, 5.74) is 2.81. The lowest BCUT2D eigenvalue weighted by atomic mass is 10.1. The average molecular weight is 413 g/mol. The summed E-state index contributed by atoms with van der Waals surface area (Å²) in [7, 11) is 1.58. The first kappa shape index (κ1) is 21.0. The maximum atomic E-state index is 12.6. The lowest BCUT2D eigenvalue weighted by molar-refractivity contribution is -0.123. The molecule has 0 unspecified atom stereocenters. The van der Waals surface area contributed by atoms with Crippen LogP contribution in [0.5, 0.6) is 0 Å². The molecule has 1 aromatic carbocycles. The van der Waals surface area contributed by atoms with Crippen molar-refractivity contribution in [1.82, 2.24) is 0 Å². The molecule has 1 atom stereocenters. The molecule has 1 aliphatic rings. The zero-order valence-electron chi connectivity index (χ0n) is 16.6. The third-order valence-electron chi connectivity index (χ3n) is 4.90. The van der Waals surface area contributed by atoms with Gasteiger partial charge in [-0.25, -0.2) is 4.79 Å². The maximum Gasteiger partial charge on any atom is 0.338 e. The van der Waals surface area contributed by atoms with Crippen molar-refractivity contribution in [1.29, 1.82) is 5.26 Å². The second-order valence-electron chi connectivity index (χ2n) is 7.05. The number of hydrogen-bond donors (Lipinski definition) is 1. The number of ether oxygens (including phenoxy) is 2. The van der Waals surface area contributed by atoms with Crippen molar-refractivity contribution in [3.63, 3.8) is 0 Å². The molecule has 0 radical (unpaired) electrons. The Morgan fingerprint density at radius 2 is 2.07 bits per heavy atom. The van der Waals surface area contributed by atoms with Gasteiger partial charge in [0.1, 0.15) is 11.1 Å². The molecule has 6 nitrogen and oxygen atoms in total. The Balaban J connectivity index is 1.67. The summed E-state index contributed by atoms with van der Waals surface area (Å²) in [5, 5.41) is 12.9. The third kappa shape index (κ3) is 5.03. The Labute approximate surface area is 174 Å². The number of carbonyl (C=O) groups excluding carboxylic acids is 2. The van der Waals surface area contributed by atoms with Crippen LogP contribution in [0.3, 0.4) is 0 Å². The van der Waals surface area contributed by atoms with Crippen LogP contribution >= 0.6 is 11.3 Å². The zero-order valence-corrected chi connectivity index (χ0v) is 17.4. The molecule has 2 aromatic rings. The zero-order chi connectivity index (χ0) is 20.8. The van der Waals surface area contributed by atoms with Crippen molar-refractivity contribution < 1.29 is 19.1 Å². The minimum absolute atomic E-state index is 0.361. The van der Waals surface area contributed by atoms with E-state index in [1.807, 2.05) is 6.07 Å². The smallest absolute Gasteiger partial charge is 0.338 e. The number of nitrogens with zero attached hydrogens (tertiary/aromatic N) is 1. The number of carbonyl (C=O) groups is 2. The van der Waals surface area contributed by atoms with E-state index in [1.165, 1.54) is 23.1 Å². The number of aryl methyl sites for hydroxylation is 1. The number of thiophene rings is 1. The van der Waals surface area contributed by atoms with Crippen LogP contribution in [-0.2, 0) is 33.7 Å². The van der Waals surface area contributed by atoms with Gasteiger partial charge >= 0.3 is 5.97 Å². The predicted molar refractivity (Wildman–Crippen MR) is 111 cm³/mol.